The third-order valence-corrected chi connectivity index (χ3v) is 7.18. The van der Waals surface area contributed by atoms with Crippen molar-refractivity contribution in [2.45, 2.75) is 55.4 Å². The second-order valence-corrected chi connectivity index (χ2v) is 11.4. The van der Waals surface area contributed by atoms with E-state index in [0.717, 1.165) is 17.9 Å². The summed E-state index contributed by atoms with van der Waals surface area (Å²) in [7, 11) is 17.9. The van der Waals surface area contributed by atoms with E-state index < -0.39 is 23.9 Å². The molecule has 0 atom stereocenters. The molecule has 0 amide bonds. The Hall–Kier alpha value is -2.28. The van der Waals surface area contributed by atoms with Crippen LogP contribution in [0.2, 0.25) is 0 Å². The minimum Gasteiger partial charge on any atom is -0.543 e. The number of hydrogen-bond donors (Lipinski definition) is 0. The highest BCUT2D eigenvalue weighted by molar-refractivity contribution is 6.25. The predicted molar refractivity (Wildman–Crippen MR) is 153 cm³/mol. The molecule has 12 nitrogen and oxygen atoms in total. The van der Waals surface area contributed by atoms with Crippen LogP contribution in [0.5, 0.6) is 0 Å². The number of hydrogen-bond acceptors (Lipinski definition) is 8. The van der Waals surface area contributed by atoms with Crippen molar-refractivity contribution in [1.29, 1.82) is 0 Å². The number of quaternary nitrogens is 4. The molecule has 0 N–H and O–H groups in total. The first-order valence-electron chi connectivity index (χ1n) is 13.9. The van der Waals surface area contributed by atoms with E-state index >= 15 is 0 Å². The summed E-state index contributed by atoms with van der Waals surface area (Å²) in [6, 6.07) is 0. The van der Waals surface area contributed by atoms with Crippen LogP contribution in [0.4, 0.5) is 0 Å². The molecule has 12 heteroatoms. The van der Waals surface area contributed by atoms with Crippen LogP contribution in [0.15, 0.2) is 0 Å². The first-order valence-corrected chi connectivity index (χ1v) is 13.9. The lowest BCUT2D eigenvalue weighted by atomic mass is 10.5. The van der Waals surface area contributed by atoms with Gasteiger partial charge in [-0.05, 0) is 55.4 Å². The summed E-state index contributed by atoms with van der Waals surface area (Å²) in [6.07, 6.45) is 0. The van der Waals surface area contributed by atoms with Gasteiger partial charge < -0.3 is 57.5 Å². The lowest BCUT2D eigenvalue weighted by molar-refractivity contribution is -0.886. The summed E-state index contributed by atoms with van der Waals surface area (Å²) in [6.45, 7) is 27.6. The van der Waals surface area contributed by atoms with Gasteiger partial charge in [-0.25, -0.2) is 0 Å². The van der Waals surface area contributed by atoms with E-state index in [9.17, 15) is 0 Å². The zero-order valence-electron chi connectivity index (χ0n) is 28.7. The molecule has 0 unspecified atom stereocenters. The highest BCUT2D eigenvalue weighted by Gasteiger charge is 2.06. The predicted octanol–water partition coefficient (Wildman–Crippen LogP) is -2.62. The first-order chi connectivity index (χ1) is 17.8. The van der Waals surface area contributed by atoms with Gasteiger partial charge in [0.15, 0.2) is 0 Å². The molecule has 244 valence electrons. The van der Waals surface area contributed by atoms with Gasteiger partial charge in [0.25, 0.3) is 0 Å². The Bertz CT molecular complexity index is 529. The van der Waals surface area contributed by atoms with Crippen molar-refractivity contribution in [2.24, 2.45) is 0 Å². The lowest BCUT2D eigenvalue weighted by Gasteiger charge is -2.25. The number of aliphatic carboxylic acids is 4. The van der Waals surface area contributed by atoms with Crippen LogP contribution in [-0.4, -0.2) is 151 Å². The van der Waals surface area contributed by atoms with E-state index in [0.29, 0.717) is 0 Å². The molecule has 0 aliphatic rings. The van der Waals surface area contributed by atoms with Gasteiger partial charge in [-0.15, -0.1) is 0 Å². The van der Waals surface area contributed by atoms with E-state index in [2.05, 4.69) is 112 Å². The average molecular weight is 585 g/mol. The van der Waals surface area contributed by atoms with Crippen LogP contribution in [0.1, 0.15) is 55.4 Å². The average Bonchev–Trinajstić information content (AvgIpc) is 2.90. The highest BCUT2D eigenvalue weighted by Crippen LogP contribution is 1.93. The van der Waals surface area contributed by atoms with E-state index in [1.807, 2.05) is 0 Å². The molecule has 0 spiro atoms. The molecule has 0 aliphatic heterocycles. The van der Waals surface area contributed by atoms with Crippen molar-refractivity contribution in [2.75, 3.05) is 109 Å². The Labute approximate surface area is 245 Å². The Kier molecular flexibility index (Phi) is 34.0. The molecule has 0 rings (SSSR count). The molecule has 0 saturated carbocycles. The normalized spacial score (nSPS) is 10.6. The van der Waals surface area contributed by atoms with Crippen molar-refractivity contribution in [1.82, 2.24) is 0 Å². The highest BCUT2D eigenvalue weighted by atomic mass is 16.4. The SMILES string of the molecule is CC[N+](C)(C)CC.CC[N+](C)(C)CC.CC[N+](C)(C)CC.CC[N+](C)(C)CC.O=C([O-])C(=O)[O-].O=C([O-])C(=O)[O-]. The minimum atomic E-state index is -2.19. The number of carboxylic acids is 4. The summed E-state index contributed by atoms with van der Waals surface area (Å²) in [5, 5.41) is 35.7. The Morgan fingerprint density at radius 3 is 0.400 bits per heavy atom. The van der Waals surface area contributed by atoms with Crippen LogP contribution in [-0.2, 0) is 19.2 Å². The fourth-order valence-electron chi connectivity index (χ4n) is 0.894. The minimum absolute atomic E-state index is 1.14. The van der Waals surface area contributed by atoms with Crippen LogP contribution >= 0.6 is 0 Å². The molecule has 0 heterocycles. The molecule has 0 fully saturated rings. The maximum absolute atomic E-state index is 8.93. The van der Waals surface area contributed by atoms with Gasteiger partial charge >= 0.3 is 0 Å². The largest absolute Gasteiger partial charge is 0.543 e. The number of carbonyl (C=O) groups is 4. The molecule has 0 aromatic heterocycles. The smallest absolute Gasteiger partial charge is 0.0870 e. The van der Waals surface area contributed by atoms with Crippen LogP contribution in [0, 0.1) is 0 Å². The van der Waals surface area contributed by atoms with Crippen LogP contribution < -0.4 is 20.4 Å². The zero-order chi connectivity index (χ0) is 34.0. The maximum Gasteiger partial charge on any atom is 0.0870 e. The van der Waals surface area contributed by atoms with Gasteiger partial charge in [0.2, 0.25) is 0 Å². The number of carboxylic acid groups (broad SMARTS) is 4. The van der Waals surface area contributed by atoms with Crippen LogP contribution in [0.25, 0.3) is 0 Å². The second kappa shape index (κ2) is 26.9. The molecule has 0 radical (unpaired) electrons. The zero-order valence-corrected chi connectivity index (χ0v) is 28.7. The van der Waals surface area contributed by atoms with Gasteiger partial charge in [-0.3, -0.25) is 0 Å². The summed E-state index contributed by atoms with van der Waals surface area (Å²) in [4.78, 5) is 35.7. The first kappa shape index (κ1) is 50.5. The summed E-state index contributed by atoms with van der Waals surface area (Å²) >= 11 is 0. The molecule has 0 aromatic carbocycles. The van der Waals surface area contributed by atoms with Gasteiger partial charge in [-0.1, -0.05) is 0 Å². The molecule has 0 saturated heterocycles. The third kappa shape index (κ3) is 48.7. The van der Waals surface area contributed by atoms with Crippen molar-refractivity contribution in [3.8, 4) is 0 Å². The molecule has 40 heavy (non-hydrogen) atoms. The van der Waals surface area contributed by atoms with Crippen molar-refractivity contribution in [3.05, 3.63) is 0 Å². The van der Waals surface area contributed by atoms with Crippen LogP contribution in [0.3, 0.4) is 0 Å². The van der Waals surface area contributed by atoms with E-state index in [4.69, 9.17) is 39.6 Å². The number of rotatable bonds is 8. The van der Waals surface area contributed by atoms with Gasteiger partial charge in [-0.2, -0.15) is 0 Å². The fraction of sp³-hybridized carbons (Fsp3) is 0.857. The summed E-state index contributed by atoms with van der Waals surface area (Å²) < 4.78 is 4.56. The lowest BCUT2D eigenvalue weighted by Crippen LogP contribution is -2.42. The van der Waals surface area contributed by atoms with E-state index in [1.165, 1.54) is 52.4 Å². The number of carbonyl (C=O) groups excluding carboxylic acids is 4. The molecular weight excluding hydrogens is 520 g/mol. The van der Waals surface area contributed by atoms with Crippen molar-refractivity contribution >= 4 is 23.9 Å². The van der Waals surface area contributed by atoms with Gasteiger partial charge in [0.05, 0.1) is 133 Å². The van der Waals surface area contributed by atoms with Crippen molar-refractivity contribution < 1.29 is 57.5 Å². The number of nitrogens with zero attached hydrogens (tertiary/aromatic N) is 4. The second-order valence-electron chi connectivity index (χ2n) is 11.4. The third-order valence-electron chi connectivity index (χ3n) is 7.18. The molecule has 0 bridgehead atoms. The Balaban J connectivity index is -0.0000000868. The van der Waals surface area contributed by atoms with E-state index in [-0.39, 0.29) is 0 Å². The summed E-state index contributed by atoms with van der Waals surface area (Å²) in [5.74, 6) is -8.74. The Morgan fingerprint density at radius 2 is 0.400 bits per heavy atom. The van der Waals surface area contributed by atoms with Gasteiger partial charge in [0, 0.05) is 0 Å². The van der Waals surface area contributed by atoms with Gasteiger partial charge in [0.1, 0.15) is 0 Å². The van der Waals surface area contributed by atoms with Crippen molar-refractivity contribution in [3.63, 3.8) is 0 Å². The molecule has 0 aliphatic carbocycles. The standard InChI is InChI=1S/4C6H16N.2C2H2O4/c4*1-5-7(3,4)6-2;2*3-1(4)2(5)6/h4*5-6H2,1-4H3;2*(H,3,4)(H,5,6)/q4*+1;;/p-4. The maximum atomic E-state index is 8.93. The quantitative estimate of drug-likeness (QED) is 0.221. The topological polar surface area (TPSA) is 161 Å². The van der Waals surface area contributed by atoms with E-state index in [1.54, 1.807) is 0 Å². The fourth-order valence-corrected chi connectivity index (χ4v) is 0.894. The monoisotopic (exact) mass is 584 g/mol. The molecule has 0 aromatic rings. The Morgan fingerprint density at radius 1 is 0.325 bits per heavy atom. The molecular formula is C28H64N4O8. The summed E-state index contributed by atoms with van der Waals surface area (Å²) in [5.41, 5.74) is 0.